The van der Waals surface area contributed by atoms with Crippen molar-refractivity contribution < 1.29 is 4.79 Å². The largest absolute Gasteiger partial charge is 0.347 e. The molecule has 0 aromatic carbocycles. The second kappa shape index (κ2) is 4.72. The van der Waals surface area contributed by atoms with Crippen molar-refractivity contribution in [2.75, 3.05) is 7.05 Å². The minimum atomic E-state index is -0.272. The predicted octanol–water partition coefficient (Wildman–Crippen LogP) is 0.428. The number of aryl methyl sites for hydroxylation is 1. The van der Waals surface area contributed by atoms with Gasteiger partial charge in [0.2, 0.25) is 5.82 Å². The van der Waals surface area contributed by atoms with E-state index in [2.05, 4.69) is 25.0 Å². The van der Waals surface area contributed by atoms with Gasteiger partial charge in [0, 0.05) is 31.3 Å². The molecule has 3 heterocycles. The Hall–Kier alpha value is -2.77. The van der Waals surface area contributed by atoms with Crippen LogP contribution in [0.5, 0.6) is 0 Å². The molecule has 0 aliphatic carbocycles. The summed E-state index contributed by atoms with van der Waals surface area (Å²) < 4.78 is 1.55. The van der Waals surface area contributed by atoms with Crippen LogP contribution in [0.4, 0.5) is 0 Å². The van der Waals surface area contributed by atoms with Crippen LogP contribution in [0.25, 0.3) is 5.78 Å². The zero-order valence-electron chi connectivity index (χ0n) is 11.1. The monoisotopic (exact) mass is 271 g/mol. The third kappa shape index (κ3) is 2.11. The molecule has 0 unspecified atom stereocenters. The Balaban J connectivity index is 1.86. The summed E-state index contributed by atoms with van der Waals surface area (Å²) in [6, 6.07) is 1.81. The maximum Gasteiger partial charge on any atom is 0.293 e. The summed E-state index contributed by atoms with van der Waals surface area (Å²) in [6.45, 7) is 2.25. The molecular formula is C12H13N7O. The van der Waals surface area contributed by atoms with E-state index in [0.717, 1.165) is 5.69 Å². The molecule has 8 nitrogen and oxygen atoms in total. The van der Waals surface area contributed by atoms with Crippen molar-refractivity contribution in [3.05, 3.63) is 42.0 Å². The topological polar surface area (TPSA) is 92.1 Å². The molecule has 0 saturated heterocycles. The van der Waals surface area contributed by atoms with Crippen LogP contribution in [-0.2, 0) is 6.54 Å². The normalized spacial score (nSPS) is 10.9. The molecule has 20 heavy (non-hydrogen) atoms. The molecule has 0 aliphatic heterocycles. The summed E-state index contributed by atoms with van der Waals surface area (Å²) in [5.74, 6) is 0.978. The van der Waals surface area contributed by atoms with E-state index >= 15 is 0 Å². The third-order valence-electron chi connectivity index (χ3n) is 2.91. The van der Waals surface area contributed by atoms with Crippen LogP contribution in [0.1, 0.15) is 22.1 Å². The van der Waals surface area contributed by atoms with Crippen LogP contribution in [0.15, 0.2) is 24.7 Å². The second-order valence-corrected chi connectivity index (χ2v) is 4.43. The van der Waals surface area contributed by atoms with E-state index in [-0.39, 0.29) is 11.7 Å². The van der Waals surface area contributed by atoms with E-state index in [9.17, 15) is 4.79 Å². The molecule has 0 saturated carbocycles. The number of hydrogen-bond donors (Lipinski definition) is 1. The van der Waals surface area contributed by atoms with Gasteiger partial charge in [0.1, 0.15) is 5.82 Å². The van der Waals surface area contributed by atoms with Crippen molar-refractivity contribution in [1.29, 1.82) is 0 Å². The quantitative estimate of drug-likeness (QED) is 0.745. The number of nitrogens with zero attached hydrogens (tertiary/aromatic N) is 6. The zero-order chi connectivity index (χ0) is 14.1. The fourth-order valence-corrected chi connectivity index (χ4v) is 1.85. The van der Waals surface area contributed by atoms with Crippen molar-refractivity contribution in [2.45, 2.75) is 13.5 Å². The van der Waals surface area contributed by atoms with Crippen LogP contribution >= 0.6 is 0 Å². The molecule has 3 rings (SSSR count). The number of carbonyl (C=O) groups excluding carboxylic acids is 1. The lowest BCUT2D eigenvalue weighted by molar-refractivity contribution is 0.0770. The van der Waals surface area contributed by atoms with E-state index in [1.54, 1.807) is 30.2 Å². The van der Waals surface area contributed by atoms with Crippen LogP contribution < -0.4 is 0 Å². The maximum atomic E-state index is 12.3. The third-order valence-corrected chi connectivity index (χ3v) is 2.91. The van der Waals surface area contributed by atoms with Crippen molar-refractivity contribution in [2.24, 2.45) is 0 Å². The molecule has 0 fully saturated rings. The Labute approximate surface area is 114 Å². The lowest BCUT2D eigenvalue weighted by atomic mass is 10.4. The number of carbonyl (C=O) groups is 1. The van der Waals surface area contributed by atoms with Gasteiger partial charge in [-0.1, -0.05) is 0 Å². The number of aromatic nitrogens is 6. The Morgan fingerprint density at radius 3 is 2.95 bits per heavy atom. The zero-order valence-corrected chi connectivity index (χ0v) is 11.1. The molecule has 0 bridgehead atoms. The van der Waals surface area contributed by atoms with Gasteiger partial charge in [-0.2, -0.15) is 4.98 Å². The summed E-state index contributed by atoms with van der Waals surface area (Å²) in [6.07, 6.45) is 4.99. The summed E-state index contributed by atoms with van der Waals surface area (Å²) in [7, 11) is 1.68. The van der Waals surface area contributed by atoms with E-state index < -0.39 is 0 Å². The van der Waals surface area contributed by atoms with E-state index in [0.29, 0.717) is 18.1 Å². The highest BCUT2D eigenvalue weighted by Crippen LogP contribution is 2.05. The number of rotatable bonds is 3. The standard InChI is InChI=1S/C12H13N7O/c1-8-3-4-15-12-16-10(17-19(8)12)11(20)18(2)7-9-13-5-6-14-9/h3-6H,7H2,1-2H3,(H,13,14). The summed E-state index contributed by atoms with van der Waals surface area (Å²) >= 11 is 0. The lowest BCUT2D eigenvalue weighted by Crippen LogP contribution is -2.27. The average Bonchev–Trinajstić information content (AvgIpc) is 3.07. The van der Waals surface area contributed by atoms with Crippen LogP contribution in [0, 0.1) is 6.92 Å². The van der Waals surface area contributed by atoms with Crippen LogP contribution in [0.2, 0.25) is 0 Å². The molecule has 8 heteroatoms. The summed E-state index contributed by atoms with van der Waals surface area (Å²) in [4.78, 5) is 29.0. The van der Waals surface area contributed by atoms with Crippen molar-refractivity contribution in [1.82, 2.24) is 34.4 Å². The predicted molar refractivity (Wildman–Crippen MR) is 69.9 cm³/mol. The highest BCUT2D eigenvalue weighted by molar-refractivity contribution is 5.90. The highest BCUT2D eigenvalue weighted by atomic mass is 16.2. The first-order chi connectivity index (χ1) is 9.65. The summed E-state index contributed by atoms with van der Waals surface area (Å²) in [5.41, 5.74) is 0.871. The van der Waals surface area contributed by atoms with Gasteiger partial charge in [0.05, 0.1) is 6.54 Å². The Morgan fingerprint density at radius 2 is 2.25 bits per heavy atom. The maximum absolute atomic E-state index is 12.3. The Bertz CT molecular complexity index is 746. The lowest BCUT2D eigenvalue weighted by Gasteiger charge is -2.12. The minimum absolute atomic E-state index is 0.126. The molecule has 0 spiro atoms. The fraction of sp³-hybridized carbons (Fsp3) is 0.250. The number of amides is 1. The Kier molecular flexibility index (Phi) is 2.90. The van der Waals surface area contributed by atoms with Crippen molar-refractivity contribution in [3.8, 4) is 0 Å². The van der Waals surface area contributed by atoms with Crippen molar-refractivity contribution >= 4 is 11.7 Å². The fourth-order valence-electron chi connectivity index (χ4n) is 1.85. The first-order valence-corrected chi connectivity index (χ1v) is 6.07. The van der Waals surface area contributed by atoms with Gasteiger partial charge < -0.3 is 9.88 Å². The molecule has 102 valence electrons. The second-order valence-electron chi connectivity index (χ2n) is 4.43. The molecule has 1 amide bonds. The molecule has 0 atom stereocenters. The van der Waals surface area contributed by atoms with E-state index in [4.69, 9.17) is 0 Å². The molecule has 1 N–H and O–H groups in total. The number of hydrogen-bond acceptors (Lipinski definition) is 5. The van der Waals surface area contributed by atoms with E-state index in [1.807, 2.05) is 13.0 Å². The summed E-state index contributed by atoms with van der Waals surface area (Å²) in [5, 5.41) is 4.18. The van der Waals surface area contributed by atoms with Gasteiger partial charge in [-0.05, 0) is 13.0 Å². The van der Waals surface area contributed by atoms with Gasteiger partial charge in [-0.25, -0.2) is 14.5 Å². The first kappa shape index (κ1) is 12.3. The number of imidazole rings is 1. The molecule has 3 aromatic rings. The molecular weight excluding hydrogens is 258 g/mol. The van der Waals surface area contributed by atoms with Crippen molar-refractivity contribution in [3.63, 3.8) is 0 Å². The SMILES string of the molecule is Cc1ccnc2nc(C(=O)N(C)Cc3ncc[nH]3)nn12. The first-order valence-electron chi connectivity index (χ1n) is 6.07. The average molecular weight is 271 g/mol. The molecule has 0 radical (unpaired) electrons. The number of aromatic amines is 1. The number of fused-ring (bicyclic) bond motifs is 1. The smallest absolute Gasteiger partial charge is 0.293 e. The van der Waals surface area contributed by atoms with Gasteiger partial charge in [0.15, 0.2) is 0 Å². The minimum Gasteiger partial charge on any atom is -0.347 e. The van der Waals surface area contributed by atoms with E-state index in [1.165, 1.54) is 4.90 Å². The highest BCUT2D eigenvalue weighted by Gasteiger charge is 2.19. The van der Waals surface area contributed by atoms with Crippen LogP contribution in [-0.4, -0.2) is 47.4 Å². The van der Waals surface area contributed by atoms with Gasteiger partial charge in [0.25, 0.3) is 11.7 Å². The number of H-pyrrole nitrogens is 1. The molecule has 3 aromatic heterocycles. The van der Waals surface area contributed by atoms with Gasteiger partial charge in [-0.15, -0.1) is 5.10 Å². The number of nitrogens with one attached hydrogen (secondary N) is 1. The molecule has 0 aliphatic rings. The Morgan fingerprint density at radius 1 is 1.40 bits per heavy atom. The van der Waals surface area contributed by atoms with Gasteiger partial charge in [-0.3, -0.25) is 4.79 Å². The van der Waals surface area contributed by atoms with Crippen LogP contribution in [0.3, 0.4) is 0 Å². The van der Waals surface area contributed by atoms with Gasteiger partial charge >= 0.3 is 0 Å².